The van der Waals surface area contributed by atoms with Crippen LogP contribution in [0.2, 0.25) is 0 Å². The summed E-state index contributed by atoms with van der Waals surface area (Å²) >= 11 is 0. The van der Waals surface area contributed by atoms with Crippen LogP contribution in [0.25, 0.3) is 0 Å². The van der Waals surface area contributed by atoms with Gasteiger partial charge in [0.15, 0.2) is 6.10 Å². The first kappa shape index (κ1) is 65.1. The van der Waals surface area contributed by atoms with E-state index >= 15 is 0 Å². The Bertz CT molecular complexity index is 1420. The zero-order valence-corrected chi connectivity index (χ0v) is 44.8. The van der Waals surface area contributed by atoms with E-state index in [0.29, 0.717) is 12.8 Å². The Morgan fingerprint density at radius 2 is 0.536 bits per heavy atom. The molecular formula is C63H104O6. The molecule has 0 aromatic carbocycles. The lowest BCUT2D eigenvalue weighted by Crippen LogP contribution is -2.30. The van der Waals surface area contributed by atoms with E-state index < -0.39 is 6.10 Å². The molecule has 0 heterocycles. The maximum absolute atomic E-state index is 12.8. The maximum atomic E-state index is 12.8. The molecule has 69 heavy (non-hydrogen) atoms. The highest BCUT2D eigenvalue weighted by molar-refractivity contribution is 5.71. The van der Waals surface area contributed by atoms with Crippen molar-refractivity contribution in [2.75, 3.05) is 13.2 Å². The predicted molar refractivity (Wildman–Crippen MR) is 297 cm³/mol. The molecule has 0 bridgehead atoms. The van der Waals surface area contributed by atoms with Gasteiger partial charge < -0.3 is 14.2 Å². The predicted octanol–water partition coefficient (Wildman–Crippen LogP) is 19.1. The van der Waals surface area contributed by atoms with Gasteiger partial charge in [0.1, 0.15) is 13.2 Å². The minimum Gasteiger partial charge on any atom is -0.462 e. The summed E-state index contributed by atoms with van der Waals surface area (Å²) in [4.78, 5) is 38.1. The van der Waals surface area contributed by atoms with E-state index in [1.807, 2.05) is 0 Å². The molecule has 0 aliphatic rings. The normalized spacial score (nSPS) is 12.9. The van der Waals surface area contributed by atoms with Crippen LogP contribution in [0, 0.1) is 0 Å². The van der Waals surface area contributed by atoms with Crippen LogP contribution >= 0.6 is 0 Å². The summed E-state index contributed by atoms with van der Waals surface area (Å²) in [7, 11) is 0. The summed E-state index contributed by atoms with van der Waals surface area (Å²) in [5.41, 5.74) is 0. The summed E-state index contributed by atoms with van der Waals surface area (Å²) in [5.74, 6) is -0.998. The first-order chi connectivity index (χ1) is 34.0. The Kier molecular flexibility index (Phi) is 53.4. The van der Waals surface area contributed by atoms with Crippen LogP contribution in [0.1, 0.15) is 252 Å². The van der Waals surface area contributed by atoms with Crippen molar-refractivity contribution in [1.82, 2.24) is 0 Å². The molecule has 0 amide bonds. The number of carbonyl (C=O) groups excluding carboxylic acids is 3. The SMILES string of the molecule is CCCCC/C=C\C/C=C\C/C=C\C/C=C\CCCC(=O)OC[C@H](COC(=O)CCCCCCCCC/C=C\C/C=C\CCCCC)OC(=O)CCCCCC/C=C\C/C=C\C/C=C\CCCCC. The summed E-state index contributed by atoms with van der Waals surface area (Å²) in [6.07, 6.45) is 76.4. The molecule has 0 rings (SSSR count). The molecular weight excluding hydrogens is 853 g/mol. The number of rotatable bonds is 50. The minimum atomic E-state index is -0.818. The first-order valence-electron chi connectivity index (χ1n) is 28.4. The molecule has 0 saturated heterocycles. The van der Waals surface area contributed by atoms with E-state index in [2.05, 4.69) is 130 Å². The van der Waals surface area contributed by atoms with E-state index in [1.165, 1.54) is 103 Å². The Balaban J connectivity index is 4.54. The average molecular weight is 958 g/mol. The fourth-order valence-corrected chi connectivity index (χ4v) is 7.41. The summed E-state index contributed by atoms with van der Waals surface area (Å²) in [6.45, 7) is 6.48. The largest absolute Gasteiger partial charge is 0.462 e. The molecule has 1 atom stereocenters. The van der Waals surface area contributed by atoms with Gasteiger partial charge in [-0.1, -0.05) is 214 Å². The van der Waals surface area contributed by atoms with Crippen molar-refractivity contribution in [3.63, 3.8) is 0 Å². The number of carbonyl (C=O) groups is 3. The topological polar surface area (TPSA) is 78.9 Å². The van der Waals surface area contributed by atoms with Crippen LogP contribution in [0.3, 0.4) is 0 Å². The third-order valence-corrected chi connectivity index (χ3v) is 11.7. The van der Waals surface area contributed by atoms with Crippen molar-refractivity contribution in [2.24, 2.45) is 0 Å². The minimum absolute atomic E-state index is 0.110. The lowest BCUT2D eigenvalue weighted by atomic mass is 10.1. The molecule has 0 aliphatic carbocycles. The Morgan fingerprint density at radius 1 is 0.290 bits per heavy atom. The van der Waals surface area contributed by atoms with Gasteiger partial charge in [0.05, 0.1) is 0 Å². The molecule has 0 fully saturated rings. The number of ether oxygens (including phenoxy) is 3. The second kappa shape index (κ2) is 56.7. The molecule has 0 radical (unpaired) electrons. The third-order valence-electron chi connectivity index (χ3n) is 11.7. The fraction of sp³-hybridized carbons (Fsp3) is 0.667. The van der Waals surface area contributed by atoms with Crippen molar-refractivity contribution in [1.29, 1.82) is 0 Å². The number of allylic oxidation sites excluding steroid dienone is 18. The van der Waals surface area contributed by atoms with Gasteiger partial charge in [0.25, 0.3) is 0 Å². The van der Waals surface area contributed by atoms with E-state index in [4.69, 9.17) is 14.2 Å². The smallest absolute Gasteiger partial charge is 0.306 e. The average Bonchev–Trinajstić information content (AvgIpc) is 3.35. The van der Waals surface area contributed by atoms with E-state index in [9.17, 15) is 14.4 Å². The first-order valence-corrected chi connectivity index (χ1v) is 28.4. The zero-order chi connectivity index (χ0) is 50.0. The van der Waals surface area contributed by atoms with Crippen LogP contribution in [0.4, 0.5) is 0 Å². The molecule has 392 valence electrons. The molecule has 0 aromatic rings. The van der Waals surface area contributed by atoms with Crippen molar-refractivity contribution in [3.8, 4) is 0 Å². The molecule has 0 unspecified atom stereocenters. The van der Waals surface area contributed by atoms with Gasteiger partial charge in [-0.15, -0.1) is 0 Å². The lowest BCUT2D eigenvalue weighted by Gasteiger charge is -2.18. The van der Waals surface area contributed by atoms with Crippen LogP contribution in [0.5, 0.6) is 0 Å². The van der Waals surface area contributed by atoms with Crippen LogP contribution in [-0.4, -0.2) is 37.2 Å². The van der Waals surface area contributed by atoms with Gasteiger partial charge in [-0.2, -0.15) is 0 Å². The molecule has 6 heteroatoms. The molecule has 0 saturated carbocycles. The molecule has 0 aromatic heterocycles. The molecule has 0 spiro atoms. The Morgan fingerprint density at radius 3 is 0.870 bits per heavy atom. The number of hydrogen-bond acceptors (Lipinski definition) is 6. The Hall–Kier alpha value is -3.93. The van der Waals surface area contributed by atoms with E-state index in [0.717, 1.165) is 103 Å². The quantitative estimate of drug-likeness (QED) is 0.0262. The zero-order valence-electron chi connectivity index (χ0n) is 44.8. The molecule has 0 N–H and O–H groups in total. The second-order valence-corrected chi connectivity index (χ2v) is 18.5. The van der Waals surface area contributed by atoms with Gasteiger partial charge >= 0.3 is 17.9 Å². The van der Waals surface area contributed by atoms with Crippen molar-refractivity contribution >= 4 is 17.9 Å². The fourth-order valence-electron chi connectivity index (χ4n) is 7.41. The van der Waals surface area contributed by atoms with Crippen LogP contribution < -0.4 is 0 Å². The van der Waals surface area contributed by atoms with Gasteiger partial charge in [0, 0.05) is 19.3 Å². The molecule has 6 nitrogen and oxygen atoms in total. The van der Waals surface area contributed by atoms with E-state index in [1.54, 1.807) is 0 Å². The second-order valence-electron chi connectivity index (χ2n) is 18.5. The Labute approximate surface area is 425 Å². The molecule has 0 aliphatic heterocycles. The highest BCUT2D eigenvalue weighted by Gasteiger charge is 2.19. The van der Waals surface area contributed by atoms with Gasteiger partial charge in [-0.3, -0.25) is 14.4 Å². The highest BCUT2D eigenvalue weighted by atomic mass is 16.6. The van der Waals surface area contributed by atoms with Gasteiger partial charge in [0.2, 0.25) is 0 Å². The van der Waals surface area contributed by atoms with Crippen molar-refractivity contribution < 1.29 is 28.6 Å². The third kappa shape index (κ3) is 54.9. The van der Waals surface area contributed by atoms with Crippen LogP contribution in [0.15, 0.2) is 109 Å². The summed E-state index contributed by atoms with van der Waals surface area (Å²) in [5, 5.41) is 0. The monoisotopic (exact) mass is 957 g/mol. The summed E-state index contributed by atoms with van der Waals surface area (Å²) in [6, 6.07) is 0. The van der Waals surface area contributed by atoms with Crippen LogP contribution in [-0.2, 0) is 28.6 Å². The number of esters is 3. The van der Waals surface area contributed by atoms with Crippen molar-refractivity contribution in [2.45, 2.75) is 258 Å². The van der Waals surface area contributed by atoms with Gasteiger partial charge in [-0.25, -0.2) is 0 Å². The maximum Gasteiger partial charge on any atom is 0.306 e. The highest BCUT2D eigenvalue weighted by Crippen LogP contribution is 2.13. The lowest BCUT2D eigenvalue weighted by molar-refractivity contribution is -0.167. The van der Waals surface area contributed by atoms with E-state index in [-0.39, 0.29) is 44.0 Å². The van der Waals surface area contributed by atoms with Gasteiger partial charge in [-0.05, 0) is 128 Å². The van der Waals surface area contributed by atoms with Crippen molar-refractivity contribution in [3.05, 3.63) is 109 Å². The number of unbranched alkanes of at least 4 members (excludes halogenated alkanes) is 21. The summed E-state index contributed by atoms with van der Waals surface area (Å²) < 4.78 is 16.8. The number of hydrogen-bond donors (Lipinski definition) is 0. The standard InChI is InChI=1S/C63H104O6/c1-4-7-10-13-16-19-22-25-28-31-34-37-40-43-46-49-52-55-61(64)67-58-60(69-63(66)57-54-51-48-45-42-39-36-33-30-27-24-21-18-15-12-9-6-3)59-68-62(65)56-53-50-47-44-41-38-35-32-29-26-23-20-17-14-11-8-5-2/h16-21,25-30,34,36-37,39,43,46,60H,4-15,22-24,31-33,35,38,40-42,44-45,47-59H2,1-3H3/b19-16-,20-17-,21-18-,28-25-,29-26-,30-27-,37-34-,39-36-,46-43-/t60-/m1/s1.